The highest BCUT2D eigenvalue weighted by molar-refractivity contribution is 6.16. The van der Waals surface area contributed by atoms with E-state index in [4.69, 9.17) is 0 Å². The van der Waals surface area contributed by atoms with E-state index in [0.717, 1.165) is 44.8 Å². The molecule has 0 N–H and O–H groups in total. The van der Waals surface area contributed by atoms with Gasteiger partial charge in [-0.3, -0.25) is 0 Å². The number of nitrogens with zero attached hydrogens (tertiary/aromatic N) is 2. The first-order chi connectivity index (χ1) is 33.8. The summed E-state index contributed by atoms with van der Waals surface area (Å²) in [5.74, 6) is 0. The third-order valence-corrected chi connectivity index (χ3v) is 13.7. The molecule has 13 aromatic rings. The summed E-state index contributed by atoms with van der Waals surface area (Å²) < 4.78 is 4.81. The fraction of sp³-hybridized carbons (Fsp3) is 0. The fourth-order valence-corrected chi connectivity index (χ4v) is 10.9. The molecule has 0 aliphatic carbocycles. The molecule has 2 nitrogen and oxygen atoms in total. The van der Waals surface area contributed by atoms with Crippen LogP contribution in [-0.4, -0.2) is 9.13 Å². The highest BCUT2D eigenvalue weighted by atomic mass is 15.0. The maximum Gasteiger partial charge on any atom is 0.0541 e. The molecule has 0 aliphatic heterocycles. The smallest absolute Gasteiger partial charge is 0.0541 e. The lowest BCUT2D eigenvalue weighted by atomic mass is 9.74. The van der Waals surface area contributed by atoms with E-state index in [1.54, 1.807) is 0 Å². The molecule has 0 aliphatic rings. The minimum absolute atomic E-state index is 1.13. The number of rotatable bonds is 8. The van der Waals surface area contributed by atoms with E-state index in [1.807, 2.05) is 0 Å². The summed E-state index contributed by atoms with van der Waals surface area (Å²) in [7, 11) is 0. The van der Waals surface area contributed by atoms with Crippen LogP contribution in [-0.2, 0) is 0 Å². The van der Waals surface area contributed by atoms with Crippen LogP contribution in [0.4, 0.5) is 0 Å². The summed E-state index contributed by atoms with van der Waals surface area (Å²) in [4.78, 5) is 0. The van der Waals surface area contributed by atoms with Crippen LogP contribution in [0.1, 0.15) is 0 Å². The van der Waals surface area contributed by atoms with Crippen molar-refractivity contribution in [1.82, 2.24) is 9.13 Å². The van der Waals surface area contributed by atoms with Crippen molar-refractivity contribution in [3.8, 4) is 78.1 Å². The van der Waals surface area contributed by atoms with Gasteiger partial charge in [-0.05, 0) is 115 Å². The van der Waals surface area contributed by atoms with Gasteiger partial charge < -0.3 is 9.13 Å². The van der Waals surface area contributed by atoms with Gasteiger partial charge in [0.05, 0.1) is 22.1 Å². The highest BCUT2D eigenvalue weighted by Crippen LogP contribution is 2.56. The Morgan fingerprint density at radius 3 is 0.588 bits per heavy atom. The second-order valence-corrected chi connectivity index (χ2v) is 17.5. The van der Waals surface area contributed by atoms with Crippen LogP contribution in [0, 0.1) is 0 Å². The van der Waals surface area contributed by atoms with Crippen molar-refractivity contribution in [3.63, 3.8) is 0 Å². The maximum atomic E-state index is 2.40. The third-order valence-electron chi connectivity index (χ3n) is 13.7. The lowest BCUT2D eigenvalue weighted by molar-refractivity contribution is 1.18. The van der Waals surface area contributed by atoms with E-state index in [0.29, 0.717) is 0 Å². The van der Waals surface area contributed by atoms with Gasteiger partial charge >= 0.3 is 0 Å². The zero-order chi connectivity index (χ0) is 45.0. The average molecular weight is 865 g/mol. The molecule has 0 bridgehead atoms. The van der Waals surface area contributed by atoms with Crippen molar-refractivity contribution in [2.45, 2.75) is 0 Å². The SMILES string of the molecule is c1ccc(-c2c(-c3ccccc3)c(-c3ccc(-n4c5ccccc5c5ccccc54)cc3)c(-c3ccccc3)c(-c3ccccc3)c2-c2ccc(-n3c4ccccc4c4ccccc43)cc2)cc1. The molecule has 0 atom stereocenters. The van der Waals surface area contributed by atoms with Crippen molar-refractivity contribution in [1.29, 1.82) is 0 Å². The van der Waals surface area contributed by atoms with Gasteiger partial charge in [0.15, 0.2) is 0 Å². The Bertz CT molecular complexity index is 3480. The minimum atomic E-state index is 1.13. The first-order valence-electron chi connectivity index (χ1n) is 23.4. The molecular weight excluding hydrogens is 821 g/mol. The molecule has 0 radical (unpaired) electrons. The molecular formula is C66H44N2. The molecule has 2 aromatic heterocycles. The second-order valence-electron chi connectivity index (χ2n) is 17.5. The zero-order valence-electron chi connectivity index (χ0n) is 37.3. The van der Waals surface area contributed by atoms with Gasteiger partial charge in [-0.1, -0.05) is 218 Å². The van der Waals surface area contributed by atoms with E-state index in [1.165, 1.54) is 77.0 Å². The van der Waals surface area contributed by atoms with E-state index in [-0.39, 0.29) is 0 Å². The average Bonchev–Trinajstić information content (AvgIpc) is 3.94. The quantitative estimate of drug-likeness (QED) is 0.144. The van der Waals surface area contributed by atoms with Crippen LogP contribution < -0.4 is 0 Å². The normalized spacial score (nSPS) is 11.5. The van der Waals surface area contributed by atoms with Gasteiger partial charge in [-0.15, -0.1) is 0 Å². The molecule has 13 rings (SSSR count). The van der Waals surface area contributed by atoms with Crippen molar-refractivity contribution in [2.24, 2.45) is 0 Å². The molecule has 0 unspecified atom stereocenters. The van der Waals surface area contributed by atoms with Gasteiger partial charge in [0.25, 0.3) is 0 Å². The van der Waals surface area contributed by atoms with Crippen LogP contribution in [0.25, 0.3) is 122 Å². The monoisotopic (exact) mass is 864 g/mol. The van der Waals surface area contributed by atoms with Gasteiger partial charge in [0.2, 0.25) is 0 Å². The van der Waals surface area contributed by atoms with Gasteiger partial charge in [0, 0.05) is 32.9 Å². The molecule has 318 valence electrons. The Hall–Kier alpha value is -8.98. The molecule has 0 saturated heterocycles. The van der Waals surface area contributed by atoms with E-state index in [9.17, 15) is 0 Å². The topological polar surface area (TPSA) is 9.86 Å². The number of benzene rings is 11. The summed E-state index contributed by atoms with van der Waals surface area (Å²) in [6.45, 7) is 0. The zero-order valence-corrected chi connectivity index (χ0v) is 37.3. The number of hydrogen-bond donors (Lipinski definition) is 0. The predicted molar refractivity (Wildman–Crippen MR) is 288 cm³/mol. The van der Waals surface area contributed by atoms with Crippen LogP contribution in [0.3, 0.4) is 0 Å². The van der Waals surface area contributed by atoms with E-state index < -0.39 is 0 Å². The Labute approximate surface area is 395 Å². The number of para-hydroxylation sites is 4. The Morgan fingerprint density at radius 2 is 0.353 bits per heavy atom. The van der Waals surface area contributed by atoms with Gasteiger partial charge in [0.1, 0.15) is 0 Å². The standard InChI is InChI=1S/C66H44N2/c1-5-21-45(22-6-1)61-62(46-23-7-2-8-24-46)66(50-39-43-52(44-40-50)68-59-35-19-15-31-55(59)56-32-16-20-36-60(56)68)64(48-27-11-4-12-28-48)63(47-25-9-3-10-26-47)65(61)49-37-41-51(42-38-49)67-57-33-17-13-29-53(57)54-30-14-18-34-58(54)67/h1-44H. The lowest BCUT2D eigenvalue weighted by Crippen LogP contribution is -2.02. The Morgan fingerprint density at radius 1 is 0.162 bits per heavy atom. The number of aromatic nitrogens is 2. The summed E-state index contributed by atoms with van der Waals surface area (Å²) >= 11 is 0. The predicted octanol–water partition coefficient (Wildman–Crippen LogP) is 17.9. The van der Waals surface area contributed by atoms with Crippen LogP contribution in [0.5, 0.6) is 0 Å². The van der Waals surface area contributed by atoms with Crippen LogP contribution in [0.15, 0.2) is 267 Å². The van der Waals surface area contributed by atoms with Gasteiger partial charge in [-0.2, -0.15) is 0 Å². The first kappa shape index (κ1) is 39.4. The largest absolute Gasteiger partial charge is 0.309 e. The third kappa shape index (κ3) is 6.41. The lowest BCUT2D eigenvalue weighted by Gasteiger charge is -2.29. The minimum Gasteiger partial charge on any atom is -0.309 e. The van der Waals surface area contributed by atoms with Crippen LogP contribution in [0.2, 0.25) is 0 Å². The fourth-order valence-electron chi connectivity index (χ4n) is 10.9. The summed E-state index contributed by atoms with van der Waals surface area (Å²) in [5, 5.41) is 5.01. The Balaban J connectivity index is 1.14. The number of hydrogen-bond acceptors (Lipinski definition) is 0. The summed E-state index contributed by atoms with van der Waals surface area (Å²) in [6, 6.07) is 97.7. The molecule has 0 fully saturated rings. The molecule has 0 spiro atoms. The first-order valence-corrected chi connectivity index (χ1v) is 23.4. The van der Waals surface area contributed by atoms with E-state index >= 15 is 0 Å². The van der Waals surface area contributed by atoms with Crippen molar-refractivity contribution < 1.29 is 0 Å². The molecule has 0 amide bonds. The summed E-state index contributed by atoms with van der Waals surface area (Å²) in [6.07, 6.45) is 0. The van der Waals surface area contributed by atoms with Gasteiger partial charge in [-0.25, -0.2) is 0 Å². The molecule has 11 aromatic carbocycles. The molecule has 0 saturated carbocycles. The molecule has 2 heteroatoms. The van der Waals surface area contributed by atoms with Crippen LogP contribution >= 0.6 is 0 Å². The second kappa shape index (κ2) is 16.5. The highest BCUT2D eigenvalue weighted by Gasteiger charge is 2.29. The van der Waals surface area contributed by atoms with Crippen molar-refractivity contribution in [3.05, 3.63) is 267 Å². The van der Waals surface area contributed by atoms with E-state index in [2.05, 4.69) is 276 Å². The van der Waals surface area contributed by atoms with Crippen molar-refractivity contribution in [2.75, 3.05) is 0 Å². The Kier molecular flexibility index (Phi) is 9.54. The molecule has 2 heterocycles. The number of fused-ring (bicyclic) bond motifs is 6. The van der Waals surface area contributed by atoms with Crippen molar-refractivity contribution >= 4 is 43.6 Å². The molecule has 68 heavy (non-hydrogen) atoms. The maximum absolute atomic E-state index is 2.40. The summed E-state index contributed by atoms with van der Waals surface area (Å²) in [5.41, 5.74) is 21.1.